The summed E-state index contributed by atoms with van der Waals surface area (Å²) in [7, 11) is 0. The Morgan fingerprint density at radius 3 is 2.63 bits per heavy atom. The van der Waals surface area contributed by atoms with Crippen LogP contribution in [0.25, 0.3) is 5.57 Å². The van der Waals surface area contributed by atoms with Crippen LogP contribution in [0.3, 0.4) is 0 Å². The lowest BCUT2D eigenvalue weighted by Crippen LogP contribution is -2.31. The molecule has 5 nitrogen and oxygen atoms in total. The molecule has 0 unspecified atom stereocenters. The third kappa shape index (κ3) is 3.99. The summed E-state index contributed by atoms with van der Waals surface area (Å²) in [4.78, 5) is 29.9. The van der Waals surface area contributed by atoms with Crippen molar-refractivity contribution in [2.24, 2.45) is 0 Å². The SMILES string of the molecule is CCCN1C(=O)/C(=C2\SC(=S)N(CCCOCC)C2=O)c2cc(Br)ccc21. The minimum Gasteiger partial charge on any atom is -0.382 e. The van der Waals surface area contributed by atoms with Gasteiger partial charge in [-0.3, -0.25) is 14.5 Å². The Balaban J connectivity index is 1.95. The molecule has 8 heteroatoms. The van der Waals surface area contributed by atoms with Crippen LogP contribution in [0.4, 0.5) is 5.69 Å². The van der Waals surface area contributed by atoms with E-state index in [0.717, 1.165) is 22.1 Å². The highest BCUT2D eigenvalue weighted by Crippen LogP contribution is 2.45. The molecule has 1 fully saturated rings. The molecule has 0 bridgehead atoms. The fourth-order valence-electron chi connectivity index (χ4n) is 3.18. The zero-order chi connectivity index (χ0) is 19.6. The van der Waals surface area contributed by atoms with Crippen LogP contribution < -0.4 is 4.90 Å². The van der Waals surface area contributed by atoms with Crippen molar-refractivity contribution in [3.8, 4) is 0 Å². The third-order valence-corrected chi connectivity index (χ3v) is 6.32. The van der Waals surface area contributed by atoms with E-state index in [0.29, 0.717) is 47.5 Å². The van der Waals surface area contributed by atoms with Gasteiger partial charge in [0.15, 0.2) is 0 Å². The van der Waals surface area contributed by atoms with Gasteiger partial charge in [-0.1, -0.05) is 46.8 Å². The van der Waals surface area contributed by atoms with E-state index < -0.39 is 0 Å². The number of ether oxygens (including phenoxy) is 1. The van der Waals surface area contributed by atoms with Gasteiger partial charge < -0.3 is 9.64 Å². The maximum Gasteiger partial charge on any atom is 0.267 e. The number of rotatable bonds is 7. The average molecular weight is 469 g/mol. The number of carbonyl (C=O) groups excluding carboxylic acids is 2. The Kier molecular flexibility index (Phi) is 6.73. The van der Waals surface area contributed by atoms with Crippen LogP contribution in [0.15, 0.2) is 27.6 Å². The van der Waals surface area contributed by atoms with Crippen molar-refractivity contribution >= 4 is 67.3 Å². The van der Waals surface area contributed by atoms with E-state index in [1.54, 1.807) is 9.80 Å². The van der Waals surface area contributed by atoms with Crippen LogP contribution in [0.1, 0.15) is 32.3 Å². The largest absolute Gasteiger partial charge is 0.382 e. The molecule has 2 heterocycles. The number of carbonyl (C=O) groups is 2. The number of amides is 2. The molecule has 1 saturated heterocycles. The van der Waals surface area contributed by atoms with Crippen molar-refractivity contribution in [3.63, 3.8) is 0 Å². The van der Waals surface area contributed by atoms with Crippen molar-refractivity contribution in [1.29, 1.82) is 0 Å². The lowest BCUT2D eigenvalue weighted by atomic mass is 10.1. The molecule has 1 aromatic carbocycles. The van der Waals surface area contributed by atoms with Crippen LogP contribution in [-0.2, 0) is 14.3 Å². The van der Waals surface area contributed by atoms with Crippen LogP contribution in [0.5, 0.6) is 0 Å². The summed E-state index contributed by atoms with van der Waals surface area (Å²) in [6.07, 6.45) is 1.55. The van der Waals surface area contributed by atoms with Gasteiger partial charge in [-0.15, -0.1) is 0 Å². The first kappa shape index (κ1) is 20.5. The maximum atomic E-state index is 13.1. The molecule has 0 radical (unpaired) electrons. The number of hydrogen-bond acceptors (Lipinski definition) is 5. The second-order valence-corrected chi connectivity index (χ2v) is 8.76. The lowest BCUT2D eigenvalue weighted by Gasteiger charge is -2.15. The van der Waals surface area contributed by atoms with Crippen LogP contribution in [-0.4, -0.2) is 47.3 Å². The van der Waals surface area contributed by atoms with Gasteiger partial charge in [-0.25, -0.2) is 0 Å². The van der Waals surface area contributed by atoms with Crippen LogP contribution >= 0.6 is 39.9 Å². The molecule has 0 N–H and O–H groups in total. The molecule has 2 aliphatic rings. The van der Waals surface area contributed by atoms with E-state index >= 15 is 0 Å². The maximum absolute atomic E-state index is 13.1. The molecular formula is C19H21BrN2O3S2. The molecule has 144 valence electrons. The van der Waals surface area contributed by atoms with Gasteiger partial charge in [0.25, 0.3) is 11.8 Å². The number of thioether (sulfide) groups is 1. The Hall–Kier alpha value is -1.22. The zero-order valence-electron chi connectivity index (χ0n) is 15.3. The summed E-state index contributed by atoms with van der Waals surface area (Å²) in [5.41, 5.74) is 2.10. The molecule has 0 aromatic heterocycles. The highest BCUT2D eigenvalue weighted by atomic mass is 79.9. The summed E-state index contributed by atoms with van der Waals surface area (Å²) < 4.78 is 6.71. The van der Waals surface area contributed by atoms with E-state index in [1.165, 1.54) is 11.8 Å². The van der Waals surface area contributed by atoms with Crippen molar-refractivity contribution in [2.75, 3.05) is 31.2 Å². The Labute approximate surface area is 177 Å². The molecule has 1 aromatic rings. The first-order valence-corrected chi connectivity index (χ1v) is 11.0. The van der Waals surface area contributed by atoms with E-state index in [4.69, 9.17) is 17.0 Å². The van der Waals surface area contributed by atoms with Gasteiger partial charge >= 0.3 is 0 Å². The number of fused-ring (bicyclic) bond motifs is 1. The zero-order valence-corrected chi connectivity index (χ0v) is 18.5. The summed E-state index contributed by atoms with van der Waals surface area (Å²) in [6.45, 7) is 6.31. The molecule has 0 spiro atoms. The van der Waals surface area contributed by atoms with E-state index in [9.17, 15) is 9.59 Å². The monoisotopic (exact) mass is 468 g/mol. The summed E-state index contributed by atoms with van der Waals surface area (Å²) >= 11 is 10.1. The summed E-state index contributed by atoms with van der Waals surface area (Å²) in [5, 5.41) is 0. The number of hydrogen-bond donors (Lipinski definition) is 0. The van der Waals surface area contributed by atoms with E-state index in [-0.39, 0.29) is 11.8 Å². The molecule has 2 amide bonds. The second-order valence-electron chi connectivity index (χ2n) is 6.20. The molecule has 0 aliphatic carbocycles. The second kappa shape index (κ2) is 8.86. The van der Waals surface area contributed by atoms with Crippen molar-refractivity contribution in [2.45, 2.75) is 26.7 Å². The number of thiocarbonyl (C=S) groups is 1. The van der Waals surface area contributed by atoms with Gasteiger partial charge in [-0.2, -0.15) is 0 Å². The first-order valence-electron chi connectivity index (χ1n) is 8.97. The normalized spacial score (nSPS) is 19.4. The Bertz CT molecular complexity index is 825. The summed E-state index contributed by atoms with van der Waals surface area (Å²) in [6, 6.07) is 5.74. The van der Waals surface area contributed by atoms with Crippen molar-refractivity contribution < 1.29 is 14.3 Å². The minimum atomic E-state index is -0.186. The molecule has 2 aliphatic heterocycles. The Morgan fingerprint density at radius 1 is 1.15 bits per heavy atom. The third-order valence-electron chi connectivity index (χ3n) is 4.38. The van der Waals surface area contributed by atoms with Gasteiger partial charge in [-0.05, 0) is 38.0 Å². The van der Waals surface area contributed by atoms with Gasteiger partial charge in [0, 0.05) is 36.3 Å². The average Bonchev–Trinajstić information content (AvgIpc) is 3.06. The number of anilines is 1. The fourth-order valence-corrected chi connectivity index (χ4v) is 4.92. The van der Waals surface area contributed by atoms with Crippen molar-refractivity contribution in [1.82, 2.24) is 4.90 Å². The number of benzene rings is 1. The predicted octanol–water partition coefficient (Wildman–Crippen LogP) is 4.20. The minimum absolute atomic E-state index is 0.125. The smallest absolute Gasteiger partial charge is 0.267 e. The summed E-state index contributed by atoms with van der Waals surface area (Å²) in [5.74, 6) is -0.311. The standard InChI is InChI=1S/C19H21BrN2O3S2/c1-3-8-21-14-7-6-12(20)11-13(14)15(17(21)23)16-18(24)22(19(26)27-16)9-5-10-25-4-2/h6-7,11H,3-5,8-10H2,1-2H3/b16-15-. The lowest BCUT2D eigenvalue weighted by molar-refractivity contribution is -0.122. The Morgan fingerprint density at radius 2 is 1.93 bits per heavy atom. The van der Waals surface area contributed by atoms with Crippen molar-refractivity contribution in [3.05, 3.63) is 33.1 Å². The predicted molar refractivity (Wildman–Crippen MR) is 117 cm³/mol. The fraction of sp³-hybridized carbons (Fsp3) is 0.421. The highest BCUT2D eigenvalue weighted by molar-refractivity contribution is 9.10. The first-order chi connectivity index (χ1) is 13.0. The van der Waals surface area contributed by atoms with Gasteiger partial charge in [0.1, 0.15) is 4.32 Å². The molecule has 0 atom stereocenters. The van der Waals surface area contributed by atoms with Gasteiger partial charge in [0.2, 0.25) is 0 Å². The topological polar surface area (TPSA) is 49.9 Å². The molecule has 0 saturated carbocycles. The quantitative estimate of drug-likeness (QED) is 0.340. The highest BCUT2D eigenvalue weighted by Gasteiger charge is 2.41. The van der Waals surface area contributed by atoms with E-state index in [2.05, 4.69) is 15.9 Å². The van der Waals surface area contributed by atoms with Crippen LogP contribution in [0, 0.1) is 0 Å². The molecular weight excluding hydrogens is 448 g/mol. The molecule has 27 heavy (non-hydrogen) atoms. The molecule has 3 rings (SSSR count). The number of nitrogens with zero attached hydrogens (tertiary/aromatic N) is 2. The van der Waals surface area contributed by atoms with Crippen LogP contribution in [0.2, 0.25) is 0 Å². The van der Waals surface area contributed by atoms with Gasteiger partial charge in [0.05, 0.1) is 16.2 Å². The van der Waals surface area contributed by atoms with E-state index in [1.807, 2.05) is 32.0 Å². The number of halogens is 1.